The molecule has 0 fully saturated rings. The van der Waals surface area contributed by atoms with Crippen LogP contribution in [0.4, 0.5) is 0 Å². The van der Waals surface area contributed by atoms with Gasteiger partial charge in [-0.05, 0) is 23.8 Å². The predicted octanol–water partition coefficient (Wildman–Crippen LogP) is 2.85. The van der Waals surface area contributed by atoms with E-state index in [4.69, 9.17) is 27.9 Å². The summed E-state index contributed by atoms with van der Waals surface area (Å²) in [5, 5.41) is 0.895. The number of halogens is 2. The highest BCUT2D eigenvalue weighted by Crippen LogP contribution is 2.25. The van der Waals surface area contributed by atoms with Gasteiger partial charge < -0.3 is 9.47 Å². The number of carbonyl (C=O) groups is 1. The summed E-state index contributed by atoms with van der Waals surface area (Å²) < 4.78 is 9.59. The minimum atomic E-state index is -0.800. The van der Waals surface area contributed by atoms with E-state index in [0.717, 1.165) is 0 Å². The van der Waals surface area contributed by atoms with Crippen LogP contribution >= 0.6 is 23.2 Å². The van der Waals surface area contributed by atoms with Crippen LogP contribution in [0.2, 0.25) is 10.0 Å². The van der Waals surface area contributed by atoms with E-state index in [-0.39, 0.29) is 0 Å². The van der Waals surface area contributed by atoms with E-state index in [0.29, 0.717) is 15.6 Å². The highest BCUT2D eigenvalue weighted by atomic mass is 35.5. The van der Waals surface area contributed by atoms with Crippen LogP contribution < -0.4 is 0 Å². The van der Waals surface area contributed by atoms with Gasteiger partial charge in [-0.25, -0.2) is 4.79 Å². The van der Waals surface area contributed by atoms with E-state index in [2.05, 4.69) is 4.74 Å². The summed E-state index contributed by atoms with van der Waals surface area (Å²) in [5.41, 5.74) is 0.571. The molecule has 1 atom stereocenters. The zero-order valence-electron chi connectivity index (χ0n) is 8.29. The Labute approximate surface area is 97.9 Å². The molecule has 15 heavy (non-hydrogen) atoms. The predicted molar refractivity (Wildman–Crippen MR) is 58.2 cm³/mol. The topological polar surface area (TPSA) is 35.5 Å². The molecule has 0 aliphatic carbocycles. The summed E-state index contributed by atoms with van der Waals surface area (Å²) in [4.78, 5) is 11.3. The quantitative estimate of drug-likeness (QED) is 0.772. The van der Waals surface area contributed by atoms with Crippen molar-refractivity contribution < 1.29 is 14.3 Å². The van der Waals surface area contributed by atoms with Crippen molar-refractivity contribution in [2.24, 2.45) is 0 Å². The third kappa shape index (κ3) is 3.09. The largest absolute Gasteiger partial charge is 0.467 e. The molecule has 0 saturated heterocycles. The molecule has 0 N–H and O–H groups in total. The molecule has 1 aromatic carbocycles. The van der Waals surface area contributed by atoms with Crippen LogP contribution in [0, 0.1) is 0 Å². The van der Waals surface area contributed by atoms with Crippen molar-refractivity contribution in [2.45, 2.75) is 6.10 Å². The van der Waals surface area contributed by atoms with Crippen molar-refractivity contribution in [3.8, 4) is 0 Å². The number of benzene rings is 1. The van der Waals surface area contributed by atoms with E-state index in [9.17, 15) is 4.79 Å². The highest BCUT2D eigenvalue weighted by molar-refractivity contribution is 6.34. The third-order valence-electron chi connectivity index (χ3n) is 1.84. The van der Waals surface area contributed by atoms with Gasteiger partial charge >= 0.3 is 5.97 Å². The molecule has 0 aliphatic heterocycles. The van der Waals surface area contributed by atoms with Crippen molar-refractivity contribution in [3.63, 3.8) is 0 Å². The first-order valence-corrected chi connectivity index (χ1v) is 4.90. The molecule has 0 bridgehead atoms. The van der Waals surface area contributed by atoms with Gasteiger partial charge in [-0.2, -0.15) is 0 Å². The van der Waals surface area contributed by atoms with Gasteiger partial charge in [-0.3, -0.25) is 0 Å². The zero-order chi connectivity index (χ0) is 11.4. The number of rotatable bonds is 3. The Bertz CT molecular complexity index is 345. The molecule has 0 aromatic heterocycles. The number of esters is 1. The van der Waals surface area contributed by atoms with E-state index < -0.39 is 12.1 Å². The van der Waals surface area contributed by atoms with Crippen LogP contribution in [-0.4, -0.2) is 20.2 Å². The number of hydrogen-bond donors (Lipinski definition) is 0. The van der Waals surface area contributed by atoms with Gasteiger partial charge in [-0.15, -0.1) is 0 Å². The second-order valence-corrected chi connectivity index (χ2v) is 3.71. The first kappa shape index (κ1) is 12.3. The number of ether oxygens (including phenoxy) is 2. The van der Waals surface area contributed by atoms with Crippen molar-refractivity contribution >= 4 is 29.2 Å². The molecule has 0 saturated carbocycles. The van der Waals surface area contributed by atoms with Crippen LogP contribution in [0.25, 0.3) is 0 Å². The molecular formula is C10H10Cl2O3. The third-order valence-corrected chi connectivity index (χ3v) is 2.28. The van der Waals surface area contributed by atoms with Crippen LogP contribution in [0.15, 0.2) is 18.2 Å². The normalized spacial score (nSPS) is 12.3. The monoisotopic (exact) mass is 248 g/mol. The second kappa shape index (κ2) is 5.35. The Balaban J connectivity index is 3.06. The number of hydrogen-bond acceptors (Lipinski definition) is 3. The standard InChI is InChI=1S/C10H10Cl2O3/c1-14-9(10(13)15-2)6-3-7(11)5-8(12)4-6/h3-5,9H,1-2H3. The molecule has 0 aliphatic rings. The minimum Gasteiger partial charge on any atom is -0.467 e. The Morgan fingerprint density at radius 3 is 2.13 bits per heavy atom. The number of methoxy groups -OCH3 is 2. The SMILES string of the molecule is COC(=O)C(OC)c1cc(Cl)cc(Cl)c1. The smallest absolute Gasteiger partial charge is 0.339 e. The minimum absolute atomic E-state index is 0.448. The lowest BCUT2D eigenvalue weighted by Crippen LogP contribution is -2.15. The van der Waals surface area contributed by atoms with Crippen LogP contribution in [-0.2, 0) is 14.3 Å². The van der Waals surface area contributed by atoms with Crippen LogP contribution in [0.1, 0.15) is 11.7 Å². The van der Waals surface area contributed by atoms with Crippen LogP contribution in [0.5, 0.6) is 0 Å². The summed E-state index contributed by atoms with van der Waals surface area (Å²) >= 11 is 11.6. The van der Waals surface area contributed by atoms with Gasteiger partial charge in [0.15, 0.2) is 6.10 Å². The summed E-state index contributed by atoms with van der Waals surface area (Å²) in [7, 11) is 2.71. The average Bonchev–Trinajstić information content (AvgIpc) is 2.17. The molecule has 3 nitrogen and oxygen atoms in total. The van der Waals surface area contributed by atoms with E-state index in [1.165, 1.54) is 14.2 Å². The number of carbonyl (C=O) groups excluding carboxylic acids is 1. The molecule has 82 valence electrons. The van der Waals surface area contributed by atoms with Gasteiger partial charge in [0.25, 0.3) is 0 Å². The molecule has 0 radical (unpaired) electrons. The maximum absolute atomic E-state index is 11.3. The molecule has 5 heteroatoms. The van der Waals surface area contributed by atoms with Gasteiger partial charge in [0.2, 0.25) is 0 Å². The second-order valence-electron chi connectivity index (χ2n) is 2.84. The average molecular weight is 249 g/mol. The summed E-state index contributed by atoms with van der Waals surface area (Å²) in [5.74, 6) is -0.490. The Morgan fingerprint density at radius 2 is 1.73 bits per heavy atom. The molecule has 0 spiro atoms. The van der Waals surface area contributed by atoms with Crippen molar-refractivity contribution in [3.05, 3.63) is 33.8 Å². The first-order chi connectivity index (χ1) is 7.08. The summed E-state index contributed by atoms with van der Waals surface area (Å²) in [6.45, 7) is 0. The lowest BCUT2D eigenvalue weighted by Gasteiger charge is -2.13. The fraction of sp³-hybridized carbons (Fsp3) is 0.300. The Kier molecular flexibility index (Phi) is 4.39. The summed E-state index contributed by atoms with van der Waals surface area (Å²) in [6.07, 6.45) is -0.800. The molecule has 0 amide bonds. The first-order valence-electron chi connectivity index (χ1n) is 4.15. The van der Waals surface area contributed by atoms with Gasteiger partial charge in [-0.1, -0.05) is 23.2 Å². The van der Waals surface area contributed by atoms with Gasteiger partial charge in [0.1, 0.15) is 0 Å². The molecule has 1 rings (SSSR count). The highest BCUT2D eigenvalue weighted by Gasteiger charge is 2.21. The molecule has 0 heterocycles. The Morgan fingerprint density at radius 1 is 1.20 bits per heavy atom. The molecule has 1 unspecified atom stereocenters. The Hall–Kier alpha value is -0.770. The van der Waals surface area contributed by atoms with Crippen molar-refractivity contribution in [1.82, 2.24) is 0 Å². The maximum Gasteiger partial charge on any atom is 0.339 e. The van der Waals surface area contributed by atoms with E-state index in [1.807, 2.05) is 0 Å². The van der Waals surface area contributed by atoms with Gasteiger partial charge in [0, 0.05) is 17.2 Å². The fourth-order valence-corrected chi connectivity index (χ4v) is 1.74. The van der Waals surface area contributed by atoms with Gasteiger partial charge in [0.05, 0.1) is 7.11 Å². The van der Waals surface area contributed by atoms with E-state index in [1.54, 1.807) is 18.2 Å². The van der Waals surface area contributed by atoms with Crippen LogP contribution in [0.3, 0.4) is 0 Å². The lowest BCUT2D eigenvalue weighted by molar-refractivity contribution is -0.152. The van der Waals surface area contributed by atoms with Crippen molar-refractivity contribution in [2.75, 3.05) is 14.2 Å². The zero-order valence-corrected chi connectivity index (χ0v) is 9.80. The van der Waals surface area contributed by atoms with E-state index >= 15 is 0 Å². The maximum atomic E-state index is 11.3. The summed E-state index contributed by atoms with van der Waals surface area (Å²) in [6, 6.07) is 4.80. The lowest BCUT2D eigenvalue weighted by atomic mass is 10.1. The molecular weight excluding hydrogens is 239 g/mol. The fourth-order valence-electron chi connectivity index (χ4n) is 1.20. The van der Waals surface area contributed by atoms with Crippen molar-refractivity contribution in [1.29, 1.82) is 0 Å². The molecule has 1 aromatic rings.